The summed E-state index contributed by atoms with van der Waals surface area (Å²) in [7, 11) is 0. The summed E-state index contributed by atoms with van der Waals surface area (Å²) in [6, 6.07) is 9.91. The summed E-state index contributed by atoms with van der Waals surface area (Å²) in [6.45, 7) is 4.07. The van der Waals surface area contributed by atoms with Crippen LogP contribution in [0, 0.1) is 13.8 Å². The lowest BCUT2D eigenvalue weighted by molar-refractivity contribution is 1.21. The van der Waals surface area contributed by atoms with E-state index in [2.05, 4.69) is 30.9 Å². The summed E-state index contributed by atoms with van der Waals surface area (Å²) >= 11 is 3.46. The van der Waals surface area contributed by atoms with Gasteiger partial charge in [-0.15, -0.1) is 0 Å². The van der Waals surface area contributed by atoms with Crippen LogP contribution in [0.15, 0.2) is 45.8 Å². The summed E-state index contributed by atoms with van der Waals surface area (Å²) in [6.07, 6.45) is 1.83. The molecule has 0 saturated heterocycles. The molecule has 23 heavy (non-hydrogen) atoms. The molecule has 0 fully saturated rings. The molecule has 114 valence electrons. The smallest absolute Gasteiger partial charge is 0.275 e. The van der Waals surface area contributed by atoms with E-state index in [1.165, 1.54) is 0 Å². The van der Waals surface area contributed by atoms with E-state index in [-0.39, 0.29) is 5.56 Å². The lowest BCUT2D eigenvalue weighted by atomic mass is 10.1. The molecule has 0 atom stereocenters. The molecule has 0 amide bonds. The number of nitrogens with one attached hydrogen (secondary N) is 2. The molecule has 0 spiro atoms. The molecule has 5 heteroatoms. The second kappa shape index (κ2) is 5.06. The number of nitrogens with zero attached hydrogens (tertiary/aromatic N) is 1. The van der Waals surface area contributed by atoms with Gasteiger partial charge in [0.05, 0.1) is 11.0 Å². The fourth-order valence-corrected chi connectivity index (χ4v) is 3.18. The second-order valence-electron chi connectivity index (χ2n) is 5.76. The average Bonchev–Trinajstić information content (AvgIpc) is 2.91. The van der Waals surface area contributed by atoms with Gasteiger partial charge in [-0.25, -0.2) is 4.98 Å². The van der Waals surface area contributed by atoms with Gasteiger partial charge in [0.25, 0.3) is 5.56 Å². The van der Waals surface area contributed by atoms with Crippen molar-refractivity contribution in [2.75, 3.05) is 0 Å². The molecule has 2 heterocycles. The predicted molar refractivity (Wildman–Crippen MR) is 96.8 cm³/mol. The molecule has 0 aliphatic rings. The molecule has 0 aliphatic heterocycles. The summed E-state index contributed by atoms with van der Waals surface area (Å²) in [4.78, 5) is 23.3. The first kappa shape index (κ1) is 14.2. The number of hydrogen-bond acceptors (Lipinski definition) is 2. The van der Waals surface area contributed by atoms with Gasteiger partial charge >= 0.3 is 0 Å². The minimum absolute atomic E-state index is 0.176. The highest BCUT2D eigenvalue weighted by Crippen LogP contribution is 2.28. The van der Waals surface area contributed by atoms with Crippen LogP contribution in [0.4, 0.5) is 0 Å². The largest absolute Gasteiger partial charge is 0.360 e. The number of hydrogen-bond donors (Lipinski definition) is 2. The molecular weight excluding hydrogens is 354 g/mol. The third-order valence-electron chi connectivity index (χ3n) is 4.21. The zero-order valence-electron chi connectivity index (χ0n) is 12.7. The molecule has 2 aromatic carbocycles. The minimum Gasteiger partial charge on any atom is -0.360 e. The molecule has 0 bridgehead atoms. The molecular formula is C18H14BrN3O. The van der Waals surface area contributed by atoms with Gasteiger partial charge in [0.15, 0.2) is 0 Å². The van der Waals surface area contributed by atoms with E-state index in [1.807, 2.05) is 50.4 Å². The standard InChI is InChI=1S/C18H14BrN3O/c1-9-5-15-16(6-10(9)2)22-18(23)17(21-15)13-8-20-14-7-11(19)3-4-12(13)14/h3-8,20H,1-2H3,(H,22,23). The number of H-pyrrole nitrogens is 2. The highest BCUT2D eigenvalue weighted by Gasteiger charge is 2.13. The van der Waals surface area contributed by atoms with E-state index in [0.29, 0.717) is 5.69 Å². The number of fused-ring (bicyclic) bond motifs is 2. The van der Waals surface area contributed by atoms with Gasteiger partial charge < -0.3 is 9.97 Å². The number of benzene rings is 2. The van der Waals surface area contributed by atoms with Crippen LogP contribution in [0.25, 0.3) is 33.2 Å². The molecule has 0 aliphatic carbocycles. The fraction of sp³-hybridized carbons (Fsp3) is 0.111. The van der Waals surface area contributed by atoms with Crippen LogP contribution >= 0.6 is 15.9 Å². The maximum Gasteiger partial charge on any atom is 0.275 e. The van der Waals surface area contributed by atoms with Crippen LogP contribution in [-0.2, 0) is 0 Å². The highest BCUT2D eigenvalue weighted by atomic mass is 79.9. The molecule has 4 aromatic rings. The monoisotopic (exact) mass is 367 g/mol. The van der Waals surface area contributed by atoms with Crippen molar-refractivity contribution < 1.29 is 0 Å². The van der Waals surface area contributed by atoms with E-state index >= 15 is 0 Å². The van der Waals surface area contributed by atoms with Crippen LogP contribution in [-0.4, -0.2) is 15.0 Å². The Morgan fingerprint density at radius 1 is 1.04 bits per heavy atom. The summed E-state index contributed by atoms with van der Waals surface area (Å²) < 4.78 is 0.991. The number of aryl methyl sites for hydroxylation is 2. The molecule has 4 nitrogen and oxygen atoms in total. The Balaban J connectivity index is 2.02. The van der Waals surface area contributed by atoms with Crippen molar-refractivity contribution in [3.63, 3.8) is 0 Å². The first-order valence-electron chi connectivity index (χ1n) is 7.31. The van der Waals surface area contributed by atoms with Gasteiger partial charge in [-0.3, -0.25) is 4.79 Å². The lowest BCUT2D eigenvalue weighted by Gasteiger charge is -2.05. The third-order valence-corrected chi connectivity index (χ3v) is 4.70. The van der Waals surface area contributed by atoms with Crippen molar-refractivity contribution >= 4 is 37.9 Å². The van der Waals surface area contributed by atoms with E-state index < -0.39 is 0 Å². The van der Waals surface area contributed by atoms with E-state index in [0.717, 1.165) is 43.1 Å². The van der Waals surface area contributed by atoms with E-state index in [1.54, 1.807) is 0 Å². The van der Waals surface area contributed by atoms with Gasteiger partial charge in [-0.05, 0) is 49.2 Å². The maximum atomic E-state index is 12.5. The zero-order chi connectivity index (χ0) is 16.1. The Kier molecular flexibility index (Phi) is 3.13. The summed E-state index contributed by atoms with van der Waals surface area (Å²) in [5.74, 6) is 0. The molecule has 0 saturated carbocycles. The fourth-order valence-electron chi connectivity index (χ4n) is 2.82. The Labute approximate surface area is 140 Å². The van der Waals surface area contributed by atoms with Crippen molar-refractivity contribution in [2.45, 2.75) is 13.8 Å². The van der Waals surface area contributed by atoms with Crippen molar-refractivity contribution in [3.8, 4) is 11.3 Å². The number of aromatic nitrogens is 3. The van der Waals surface area contributed by atoms with E-state index in [4.69, 9.17) is 0 Å². The zero-order valence-corrected chi connectivity index (χ0v) is 14.3. The van der Waals surface area contributed by atoms with Crippen LogP contribution in [0.5, 0.6) is 0 Å². The van der Waals surface area contributed by atoms with Crippen LogP contribution in [0.3, 0.4) is 0 Å². The summed E-state index contributed by atoms with van der Waals surface area (Å²) in [5.41, 5.74) is 5.91. The van der Waals surface area contributed by atoms with Crippen LogP contribution in [0.1, 0.15) is 11.1 Å². The Bertz CT molecular complexity index is 1120. The SMILES string of the molecule is Cc1cc2nc(-c3c[nH]c4cc(Br)ccc34)c(=O)[nH]c2cc1C. The van der Waals surface area contributed by atoms with E-state index in [9.17, 15) is 4.79 Å². The average molecular weight is 368 g/mol. The van der Waals surface area contributed by atoms with Gasteiger partial charge in [0.2, 0.25) is 0 Å². The third kappa shape index (κ3) is 2.28. The molecule has 0 radical (unpaired) electrons. The first-order valence-corrected chi connectivity index (χ1v) is 8.10. The van der Waals surface area contributed by atoms with Crippen LogP contribution < -0.4 is 5.56 Å². The lowest BCUT2D eigenvalue weighted by Crippen LogP contribution is -2.11. The molecule has 2 N–H and O–H groups in total. The van der Waals surface area contributed by atoms with Crippen molar-refractivity contribution in [1.82, 2.24) is 15.0 Å². The minimum atomic E-state index is -0.176. The Hall–Kier alpha value is -2.40. The first-order chi connectivity index (χ1) is 11.0. The highest BCUT2D eigenvalue weighted by molar-refractivity contribution is 9.10. The Morgan fingerprint density at radius 3 is 2.65 bits per heavy atom. The maximum absolute atomic E-state index is 12.5. The second-order valence-corrected chi connectivity index (χ2v) is 6.68. The predicted octanol–water partition coefficient (Wildman–Crippen LogP) is 4.45. The van der Waals surface area contributed by atoms with Crippen LogP contribution in [0.2, 0.25) is 0 Å². The van der Waals surface area contributed by atoms with Crippen molar-refractivity contribution in [1.29, 1.82) is 0 Å². The molecule has 2 aromatic heterocycles. The number of aromatic amines is 2. The normalized spacial score (nSPS) is 11.4. The molecule has 4 rings (SSSR count). The number of rotatable bonds is 1. The number of halogens is 1. The molecule has 0 unspecified atom stereocenters. The topological polar surface area (TPSA) is 61.5 Å². The van der Waals surface area contributed by atoms with Crippen molar-refractivity contribution in [3.05, 3.63) is 62.5 Å². The summed E-state index contributed by atoms with van der Waals surface area (Å²) in [5, 5.41) is 0.981. The van der Waals surface area contributed by atoms with Gasteiger partial charge in [-0.2, -0.15) is 0 Å². The van der Waals surface area contributed by atoms with Gasteiger partial charge in [0, 0.05) is 27.1 Å². The van der Waals surface area contributed by atoms with Crippen molar-refractivity contribution in [2.24, 2.45) is 0 Å². The van der Waals surface area contributed by atoms with Gasteiger partial charge in [-0.1, -0.05) is 22.0 Å². The Morgan fingerprint density at radius 2 is 1.83 bits per heavy atom. The van der Waals surface area contributed by atoms with Gasteiger partial charge in [0.1, 0.15) is 5.69 Å². The quantitative estimate of drug-likeness (QED) is 0.521.